The van der Waals surface area contributed by atoms with Gasteiger partial charge in [0, 0.05) is 16.5 Å². The van der Waals surface area contributed by atoms with Crippen molar-refractivity contribution in [1.82, 2.24) is 15.6 Å². The summed E-state index contributed by atoms with van der Waals surface area (Å²) in [4.78, 5) is 12.9. The topological polar surface area (TPSA) is 70.1 Å². The summed E-state index contributed by atoms with van der Waals surface area (Å²) >= 11 is 1.59. The van der Waals surface area contributed by atoms with Gasteiger partial charge in [-0.25, -0.2) is 5.43 Å². The number of carbonyl (C=O) groups is 1. The molecule has 0 atom stereocenters. The van der Waals surface area contributed by atoms with Crippen LogP contribution in [0, 0.1) is 6.92 Å². The van der Waals surface area contributed by atoms with Gasteiger partial charge in [-0.1, -0.05) is 0 Å². The van der Waals surface area contributed by atoms with Crippen molar-refractivity contribution in [3.63, 3.8) is 0 Å². The van der Waals surface area contributed by atoms with E-state index in [9.17, 15) is 4.79 Å². The molecule has 1 saturated carbocycles. The molecule has 0 aliphatic heterocycles. The van der Waals surface area contributed by atoms with Crippen molar-refractivity contribution in [2.24, 2.45) is 5.10 Å². The number of amides is 1. The average Bonchev–Trinajstić information content (AvgIpc) is 2.99. The van der Waals surface area contributed by atoms with Gasteiger partial charge in [0.15, 0.2) is 5.69 Å². The lowest BCUT2D eigenvalue weighted by Gasteiger charge is -1.94. The van der Waals surface area contributed by atoms with Gasteiger partial charge in [-0.05, 0) is 42.8 Å². The Morgan fingerprint density at radius 1 is 1.63 bits per heavy atom. The molecule has 0 bridgehead atoms. The number of nitrogens with zero attached hydrogens (tertiary/aromatic N) is 2. The highest BCUT2D eigenvalue weighted by Gasteiger charge is 2.26. The van der Waals surface area contributed by atoms with Crippen LogP contribution in [0.5, 0.6) is 0 Å². The van der Waals surface area contributed by atoms with Crippen LogP contribution in [0.1, 0.15) is 45.4 Å². The van der Waals surface area contributed by atoms with Gasteiger partial charge in [0.1, 0.15) is 0 Å². The van der Waals surface area contributed by atoms with Gasteiger partial charge >= 0.3 is 0 Å². The molecular formula is C13H14N4OS. The molecule has 5 nitrogen and oxygen atoms in total. The van der Waals surface area contributed by atoms with Crippen LogP contribution in [0.4, 0.5) is 0 Å². The zero-order valence-electron chi connectivity index (χ0n) is 10.5. The Labute approximate surface area is 114 Å². The lowest BCUT2D eigenvalue weighted by molar-refractivity contribution is 0.0950. The van der Waals surface area contributed by atoms with Crippen LogP contribution >= 0.6 is 11.3 Å². The number of aromatic amines is 1. The molecule has 0 aromatic carbocycles. The van der Waals surface area contributed by atoms with E-state index in [1.165, 1.54) is 12.8 Å². The molecule has 0 spiro atoms. The van der Waals surface area contributed by atoms with Crippen LogP contribution in [0.15, 0.2) is 22.6 Å². The van der Waals surface area contributed by atoms with E-state index in [1.54, 1.807) is 23.6 Å². The summed E-state index contributed by atoms with van der Waals surface area (Å²) in [5.74, 6) is 0.278. The number of thiophene rings is 1. The summed E-state index contributed by atoms with van der Waals surface area (Å²) in [6.07, 6.45) is 4.02. The average molecular weight is 274 g/mol. The van der Waals surface area contributed by atoms with Crippen LogP contribution in [0.25, 0.3) is 0 Å². The highest BCUT2D eigenvalue weighted by molar-refractivity contribution is 7.11. The van der Waals surface area contributed by atoms with E-state index >= 15 is 0 Å². The van der Waals surface area contributed by atoms with E-state index in [0.717, 1.165) is 16.1 Å². The first-order chi connectivity index (χ1) is 9.24. The van der Waals surface area contributed by atoms with E-state index in [-0.39, 0.29) is 5.91 Å². The van der Waals surface area contributed by atoms with Gasteiger partial charge in [-0.15, -0.1) is 11.3 Å². The van der Waals surface area contributed by atoms with Crippen molar-refractivity contribution in [1.29, 1.82) is 0 Å². The third-order valence-corrected chi connectivity index (χ3v) is 4.05. The second-order valence-electron chi connectivity index (χ2n) is 4.65. The number of rotatable bonds is 4. The predicted molar refractivity (Wildman–Crippen MR) is 74.7 cm³/mol. The minimum absolute atomic E-state index is 0.284. The van der Waals surface area contributed by atoms with Crippen molar-refractivity contribution < 1.29 is 4.79 Å². The maximum Gasteiger partial charge on any atom is 0.291 e. The van der Waals surface area contributed by atoms with Crippen LogP contribution in [0.3, 0.4) is 0 Å². The van der Waals surface area contributed by atoms with E-state index in [0.29, 0.717) is 11.6 Å². The number of hydrogen-bond acceptors (Lipinski definition) is 4. The normalized spacial score (nSPS) is 15.0. The number of hydrazone groups is 1. The lowest BCUT2D eigenvalue weighted by Crippen LogP contribution is -2.17. The third kappa shape index (κ3) is 2.73. The zero-order valence-corrected chi connectivity index (χ0v) is 11.3. The third-order valence-electron chi connectivity index (χ3n) is 3.10. The fourth-order valence-corrected chi connectivity index (χ4v) is 2.57. The molecule has 0 unspecified atom stereocenters. The van der Waals surface area contributed by atoms with Crippen LogP contribution in [-0.4, -0.2) is 22.3 Å². The molecule has 2 aromatic heterocycles. The first-order valence-electron chi connectivity index (χ1n) is 6.17. The van der Waals surface area contributed by atoms with Gasteiger partial charge in [0.25, 0.3) is 5.91 Å². The molecule has 3 rings (SSSR count). The Bertz CT molecular complexity index is 624. The number of aromatic nitrogens is 2. The second kappa shape index (κ2) is 4.97. The van der Waals surface area contributed by atoms with Crippen LogP contribution in [0.2, 0.25) is 0 Å². The quantitative estimate of drug-likeness (QED) is 0.664. The zero-order chi connectivity index (χ0) is 13.2. The Hall–Kier alpha value is -1.95. The van der Waals surface area contributed by atoms with Gasteiger partial charge in [0.05, 0.1) is 6.21 Å². The van der Waals surface area contributed by atoms with Crippen LogP contribution in [-0.2, 0) is 0 Å². The molecule has 0 saturated heterocycles. The number of H-pyrrole nitrogens is 1. The van der Waals surface area contributed by atoms with Gasteiger partial charge in [-0.2, -0.15) is 10.2 Å². The maximum absolute atomic E-state index is 11.8. The maximum atomic E-state index is 11.8. The second-order valence-corrected chi connectivity index (χ2v) is 5.60. The minimum Gasteiger partial charge on any atom is -0.281 e. The predicted octanol–water partition coefficient (Wildman–Crippen LogP) is 2.42. The SMILES string of the molecule is Cc1ccsc1/C=N/NC(=O)c1cc(C2CC2)[nH]n1. The van der Waals surface area contributed by atoms with Crippen LogP contribution < -0.4 is 5.43 Å². The minimum atomic E-state index is -0.284. The Morgan fingerprint density at radius 3 is 3.16 bits per heavy atom. The molecular weight excluding hydrogens is 260 g/mol. The standard InChI is InChI=1S/C13H14N4OS/c1-8-4-5-19-12(8)7-14-17-13(18)11-6-10(15-16-11)9-2-3-9/h4-7,9H,2-3H2,1H3,(H,15,16)(H,17,18)/b14-7+. The molecule has 98 valence electrons. The molecule has 1 amide bonds. The van der Waals surface area contributed by atoms with Gasteiger partial charge in [-0.3, -0.25) is 9.89 Å². The van der Waals surface area contributed by atoms with Crippen molar-refractivity contribution >= 4 is 23.5 Å². The molecule has 0 radical (unpaired) electrons. The number of nitrogens with one attached hydrogen (secondary N) is 2. The molecule has 2 heterocycles. The van der Waals surface area contributed by atoms with E-state index < -0.39 is 0 Å². The van der Waals surface area contributed by atoms with E-state index in [1.807, 2.05) is 18.4 Å². The Morgan fingerprint density at radius 2 is 2.47 bits per heavy atom. The van der Waals surface area contributed by atoms with Gasteiger partial charge in [0.2, 0.25) is 0 Å². The lowest BCUT2D eigenvalue weighted by atomic mass is 10.2. The molecule has 19 heavy (non-hydrogen) atoms. The summed E-state index contributed by atoms with van der Waals surface area (Å²) in [5.41, 5.74) is 5.08. The smallest absolute Gasteiger partial charge is 0.281 e. The highest BCUT2D eigenvalue weighted by Crippen LogP contribution is 2.38. The molecule has 1 aliphatic rings. The van der Waals surface area contributed by atoms with Crippen molar-refractivity contribution in [3.05, 3.63) is 39.3 Å². The highest BCUT2D eigenvalue weighted by atomic mass is 32.1. The molecule has 6 heteroatoms. The molecule has 1 aliphatic carbocycles. The van der Waals surface area contributed by atoms with E-state index in [4.69, 9.17) is 0 Å². The summed E-state index contributed by atoms with van der Waals surface area (Å²) in [6.45, 7) is 2.01. The van der Waals surface area contributed by atoms with Gasteiger partial charge < -0.3 is 0 Å². The molecule has 2 N–H and O–H groups in total. The summed E-state index contributed by atoms with van der Waals surface area (Å²) in [5, 5.41) is 12.9. The summed E-state index contributed by atoms with van der Waals surface area (Å²) in [6, 6.07) is 3.82. The van der Waals surface area contributed by atoms with Crippen molar-refractivity contribution in [3.8, 4) is 0 Å². The van der Waals surface area contributed by atoms with E-state index in [2.05, 4.69) is 20.7 Å². The number of aryl methyl sites for hydroxylation is 1. The summed E-state index contributed by atoms with van der Waals surface area (Å²) < 4.78 is 0. The number of carbonyl (C=O) groups excluding carboxylic acids is 1. The van der Waals surface area contributed by atoms with Crippen molar-refractivity contribution in [2.75, 3.05) is 0 Å². The number of hydrogen-bond donors (Lipinski definition) is 2. The Balaban J connectivity index is 1.61. The largest absolute Gasteiger partial charge is 0.291 e. The molecule has 2 aromatic rings. The monoisotopic (exact) mass is 274 g/mol. The summed E-state index contributed by atoms with van der Waals surface area (Å²) in [7, 11) is 0. The van der Waals surface area contributed by atoms with Crippen molar-refractivity contribution in [2.45, 2.75) is 25.7 Å². The molecule has 1 fully saturated rings. The Kier molecular flexibility index (Phi) is 3.16. The first kappa shape index (κ1) is 12.1. The fraction of sp³-hybridized carbons (Fsp3) is 0.308. The fourth-order valence-electron chi connectivity index (χ4n) is 1.78. The first-order valence-corrected chi connectivity index (χ1v) is 7.05.